The summed E-state index contributed by atoms with van der Waals surface area (Å²) in [7, 11) is 3.52. The van der Waals surface area contributed by atoms with Gasteiger partial charge in [0.05, 0.1) is 11.6 Å². The molecule has 178 valence electrons. The first-order chi connectivity index (χ1) is 16.2. The lowest BCUT2D eigenvalue weighted by atomic mass is 9.98. The topological polar surface area (TPSA) is 26.8 Å². The zero-order valence-corrected chi connectivity index (χ0v) is 19.3. The molecule has 0 spiro atoms. The zero-order chi connectivity index (χ0) is 24.3. The fraction of sp³-hybridized carbons (Fsp3) is 0.296. The normalized spacial score (nSPS) is 17.0. The Hall–Kier alpha value is -3.32. The first-order valence-corrected chi connectivity index (χ1v) is 11.2. The molecule has 1 aliphatic heterocycles. The molecule has 0 aromatic heterocycles. The van der Waals surface area contributed by atoms with Gasteiger partial charge in [-0.2, -0.15) is 13.2 Å². The number of amides is 2. The minimum absolute atomic E-state index is 0.0128. The van der Waals surface area contributed by atoms with Crippen molar-refractivity contribution in [1.82, 2.24) is 14.7 Å². The van der Waals surface area contributed by atoms with Crippen molar-refractivity contribution in [2.24, 2.45) is 0 Å². The summed E-state index contributed by atoms with van der Waals surface area (Å²) in [6.45, 7) is 2.67. The average Bonchev–Trinajstić information content (AvgIpc) is 2.84. The van der Waals surface area contributed by atoms with E-state index in [0.717, 1.165) is 23.7 Å². The van der Waals surface area contributed by atoms with Gasteiger partial charge in [-0.1, -0.05) is 72.8 Å². The Balaban J connectivity index is 1.51. The molecule has 0 N–H and O–H groups in total. The maximum absolute atomic E-state index is 13.4. The summed E-state index contributed by atoms with van der Waals surface area (Å²) in [5.41, 5.74) is 2.20. The molecule has 0 radical (unpaired) electrons. The molecule has 2 amide bonds. The van der Waals surface area contributed by atoms with Crippen molar-refractivity contribution < 1.29 is 18.0 Å². The molecule has 4 nitrogen and oxygen atoms in total. The van der Waals surface area contributed by atoms with Crippen LogP contribution in [0.3, 0.4) is 0 Å². The van der Waals surface area contributed by atoms with E-state index in [2.05, 4.69) is 4.90 Å². The number of hydrogen-bond acceptors (Lipinski definition) is 2. The molecular formula is C27H28F3N3O. The van der Waals surface area contributed by atoms with Gasteiger partial charge in [-0.05, 0) is 28.3 Å². The van der Waals surface area contributed by atoms with Crippen LogP contribution >= 0.6 is 0 Å². The number of piperazine rings is 1. The maximum atomic E-state index is 13.4. The fourth-order valence-electron chi connectivity index (χ4n) is 4.46. The summed E-state index contributed by atoms with van der Waals surface area (Å²) in [4.78, 5) is 18.6. The van der Waals surface area contributed by atoms with Gasteiger partial charge < -0.3 is 9.80 Å². The molecule has 1 aliphatic rings. The third-order valence-corrected chi connectivity index (χ3v) is 6.18. The molecule has 1 saturated heterocycles. The second-order valence-electron chi connectivity index (χ2n) is 8.77. The lowest BCUT2D eigenvalue weighted by molar-refractivity contribution is -0.137. The molecule has 1 heterocycles. The number of hydrogen-bond donors (Lipinski definition) is 0. The minimum atomic E-state index is -4.40. The van der Waals surface area contributed by atoms with Crippen LogP contribution in [0.2, 0.25) is 0 Å². The molecule has 34 heavy (non-hydrogen) atoms. The van der Waals surface area contributed by atoms with Crippen LogP contribution in [-0.2, 0) is 12.7 Å². The quantitative estimate of drug-likeness (QED) is 0.477. The van der Waals surface area contributed by atoms with Crippen molar-refractivity contribution in [3.8, 4) is 11.1 Å². The van der Waals surface area contributed by atoms with E-state index in [1.165, 1.54) is 12.1 Å². The van der Waals surface area contributed by atoms with Crippen LogP contribution in [0.5, 0.6) is 0 Å². The summed E-state index contributed by atoms with van der Waals surface area (Å²) in [6.07, 6.45) is -4.40. The number of halogens is 3. The van der Waals surface area contributed by atoms with Crippen LogP contribution in [0.1, 0.15) is 22.7 Å². The Bertz CT molecular complexity index is 1110. The van der Waals surface area contributed by atoms with Gasteiger partial charge in [0, 0.05) is 40.3 Å². The van der Waals surface area contributed by atoms with Gasteiger partial charge in [0.25, 0.3) is 0 Å². The van der Waals surface area contributed by atoms with Crippen LogP contribution in [0, 0.1) is 0 Å². The molecular weight excluding hydrogens is 439 g/mol. The molecule has 1 fully saturated rings. The lowest BCUT2D eigenvalue weighted by Gasteiger charge is -2.42. The highest BCUT2D eigenvalue weighted by Crippen LogP contribution is 2.37. The van der Waals surface area contributed by atoms with Crippen molar-refractivity contribution in [2.75, 3.05) is 33.7 Å². The van der Waals surface area contributed by atoms with Gasteiger partial charge in [0.1, 0.15) is 0 Å². The highest BCUT2D eigenvalue weighted by atomic mass is 19.4. The van der Waals surface area contributed by atoms with E-state index in [-0.39, 0.29) is 17.6 Å². The van der Waals surface area contributed by atoms with Crippen molar-refractivity contribution in [3.05, 3.63) is 95.6 Å². The number of carbonyl (C=O) groups excluding carboxylic acids is 1. The molecule has 1 atom stereocenters. The van der Waals surface area contributed by atoms with E-state index < -0.39 is 11.7 Å². The van der Waals surface area contributed by atoms with Crippen LogP contribution < -0.4 is 0 Å². The van der Waals surface area contributed by atoms with E-state index in [4.69, 9.17) is 0 Å². The van der Waals surface area contributed by atoms with Crippen molar-refractivity contribution in [2.45, 2.75) is 18.8 Å². The van der Waals surface area contributed by atoms with Crippen LogP contribution in [0.15, 0.2) is 78.9 Å². The Labute approximate surface area is 198 Å². The van der Waals surface area contributed by atoms with E-state index in [0.29, 0.717) is 25.2 Å². The summed E-state index contributed by atoms with van der Waals surface area (Å²) in [6, 6.07) is 22.8. The third kappa shape index (κ3) is 5.25. The first kappa shape index (κ1) is 23.8. The lowest BCUT2D eigenvalue weighted by Crippen LogP contribution is -2.52. The third-order valence-electron chi connectivity index (χ3n) is 6.18. The van der Waals surface area contributed by atoms with Gasteiger partial charge in [-0.15, -0.1) is 0 Å². The molecule has 3 aromatic rings. The van der Waals surface area contributed by atoms with Gasteiger partial charge in [0.15, 0.2) is 0 Å². The second-order valence-corrected chi connectivity index (χ2v) is 8.77. The highest BCUT2D eigenvalue weighted by Gasteiger charge is 2.34. The van der Waals surface area contributed by atoms with Gasteiger partial charge >= 0.3 is 12.2 Å². The van der Waals surface area contributed by atoms with E-state index in [9.17, 15) is 18.0 Å². The molecule has 0 aliphatic carbocycles. The van der Waals surface area contributed by atoms with Crippen molar-refractivity contribution in [3.63, 3.8) is 0 Å². The predicted octanol–water partition coefficient (Wildman–Crippen LogP) is 5.91. The molecule has 3 aromatic carbocycles. The molecule has 0 bridgehead atoms. The number of rotatable bonds is 4. The Morgan fingerprint density at radius 3 is 2.21 bits per heavy atom. The Morgan fingerprint density at radius 1 is 0.912 bits per heavy atom. The molecule has 0 saturated carbocycles. The summed E-state index contributed by atoms with van der Waals surface area (Å²) in [5, 5.41) is 0. The van der Waals surface area contributed by atoms with E-state index >= 15 is 0 Å². The van der Waals surface area contributed by atoms with Crippen LogP contribution in [0.25, 0.3) is 11.1 Å². The second kappa shape index (κ2) is 9.89. The monoisotopic (exact) mass is 467 g/mol. The summed E-state index contributed by atoms with van der Waals surface area (Å²) >= 11 is 0. The highest BCUT2D eigenvalue weighted by molar-refractivity contribution is 5.74. The standard InChI is InChI=1S/C27H28F3N3O/c1-31(2)26(34)33-17-16-32(19-25(33)22-8-4-3-5-9-22)18-20-12-14-21(15-13-20)23-10-6-7-11-24(23)27(28,29)30/h3-15,25H,16-19H2,1-2H3. The Morgan fingerprint density at radius 2 is 1.56 bits per heavy atom. The van der Waals surface area contributed by atoms with Gasteiger partial charge in [-0.3, -0.25) is 4.90 Å². The first-order valence-electron chi connectivity index (χ1n) is 11.2. The minimum Gasteiger partial charge on any atom is -0.331 e. The van der Waals surface area contributed by atoms with Crippen molar-refractivity contribution >= 4 is 6.03 Å². The Kier molecular flexibility index (Phi) is 6.93. The van der Waals surface area contributed by atoms with Crippen molar-refractivity contribution in [1.29, 1.82) is 0 Å². The number of alkyl halides is 3. The number of urea groups is 1. The largest absolute Gasteiger partial charge is 0.417 e. The molecule has 7 heteroatoms. The number of carbonyl (C=O) groups is 1. The van der Waals surface area contributed by atoms with E-state index in [1.807, 2.05) is 47.4 Å². The molecule has 1 unspecified atom stereocenters. The van der Waals surface area contributed by atoms with E-state index in [1.54, 1.807) is 37.2 Å². The SMILES string of the molecule is CN(C)C(=O)N1CCN(Cc2ccc(-c3ccccc3C(F)(F)F)cc2)CC1c1ccccc1. The molecule has 4 rings (SSSR count). The fourth-order valence-corrected chi connectivity index (χ4v) is 4.46. The number of nitrogens with zero attached hydrogens (tertiary/aromatic N) is 3. The predicted molar refractivity (Wildman–Crippen MR) is 127 cm³/mol. The van der Waals surface area contributed by atoms with Gasteiger partial charge in [-0.25, -0.2) is 4.79 Å². The smallest absolute Gasteiger partial charge is 0.331 e. The maximum Gasteiger partial charge on any atom is 0.417 e. The summed E-state index contributed by atoms with van der Waals surface area (Å²) in [5.74, 6) is 0. The number of benzene rings is 3. The summed E-state index contributed by atoms with van der Waals surface area (Å²) < 4.78 is 40.2. The average molecular weight is 468 g/mol. The van der Waals surface area contributed by atoms with Gasteiger partial charge in [0.2, 0.25) is 0 Å². The van der Waals surface area contributed by atoms with Crippen LogP contribution in [-0.4, -0.2) is 54.5 Å². The zero-order valence-electron chi connectivity index (χ0n) is 19.3. The van der Waals surface area contributed by atoms with Crippen LogP contribution in [0.4, 0.5) is 18.0 Å².